The Kier molecular flexibility index (Phi) is 4.54. The molecule has 1 saturated heterocycles. The predicted octanol–water partition coefficient (Wildman–Crippen LogP) is 0.128. The number of carbonyl (C=O) groups excluding carboxylic acids is 2. The highest BCUT2D eigenvalue weighted by molar-refractivity contribution is 5.96. The summed E-state index contributed by atoms with van der Waals surface area (Å²) in [6, 6.07) is 6.93. The Labute approximate surface area is 117 Å². The molecular weight excluding hydrogens is 260 g/mol. The average molecular weight is 278 g/mol. The van der Waals surface area contributed by atoms with E-state index in [1.54, 1.807) is 29.2 Å². The summed E-state index contributed by atoms with van der Waals surface area (Å²) in [7, 11) is 1.44. The highest BCUT2D eigenvalue weighted by Crippen LogP contribution is 2.19. The fourth-order valence-electron chi connectivity index (χ4n) is 1.98. The van der Waals surface area contributed by atoms with Crippen molar-refractivity contribution in [3.63, 3.8) is 0 Å². The van der Waals surface area contributed by atoms with Gasteiger partial charge >= 0.3 is 6.03 Å². The lowest BCUT2D eigenvalue weighted by Gasteiger charge is -2.16. The van der Waals surface area contributed by atoms with Crippen LogP contribution in [0.4, 0.5) is 16.2 Å². The molecule has 0 saturated carbocycles. The Balaban J connectivity index is 2.01. The van der Waals surface area contributed by atoms with Gasteiger partial charge in [0.2, 0.25) is 0 Å². The third-order valence-corrected chi connectivity index (χ3v) is 3.09. The van der Waals surface area contributed by atoms with Crippen molar-refractivity contribution in [3.05, 3.63) is 24.3 Å². The number of hydrogen-bond donors (Lipinski definition) is 3. The molecule has 0 spiro atoms. The first-order valence-corrected chi connectivity index (χ1v) is 6.35. The van der Waals surface area contributed by atoms with Crippen molar-refractivity contribution < 1.29 is 14.3 Å². The zero-order valence-electron chi connectivity index (χ0n) is 11.3. The van der Waals surface area contributed by atoms with Gasteiger partial charge in [0, 0.05) is 38.1 Å². The normalized spacial score (nSPS) is 15.9. The van der Waals surface area contributed by atoms with Crippen molar-refractivity contribution in [2.75, 3.05) is 37.0 Å². The van der Waals surface area contributed by atoms with Crippen LogP contribution in [-0.4, -0.2) is 44.8 Å². The number of urea groups is 1. The minimum Gasteiger partial charge on any atom is -0.370 e. The van der Waals surface area contributed by atoms with Gasteiger partial charge in [-0.1, -0.05) is 0 Å². The second-order valence-electron chi connectivity index (χ2n) is 4.38. The SMILES string of the molecule is COC(CN)C(=O)Nc1ccc(N2CCNC2=O)cc1. The summed E-state index contributed by atoms with van der Waals surface area (Å²) in [5.74, 6) is -0.290. The van der Waals surface area contributed by atoms with Gasteiger partial charge in [-0.2, -0.15) is 0 Å². The van der Waals surface area contributed by atoms with E-state index < -0.39 is 6.10 Å². The molecule has 0 bridgehead atoms. The number of ether oxygens (including phenoxy) is 1. The fourth-order valence-corrected chi connectivity index (χ4v) is 1.98. The Morgan fingerprint density at radius 3 is 2.70 bits per heavy atom. The predicted molar refractivity (Wildman–Crippen MR) is 75.7 cm³/mol. The molecule has 4 N–H and O–H groups in total. The quantitative estimate of drug-likeness (QED) is 0.713. The number of hydrogen-bond acceptors (Lipinski definition) is 4. The van der Waals surface area contributed by atoms with Crippen LogP contribution in [0.2, 0.25) is 0 Å². The van der Waals surface area contributed by atoms with E-state index in [0.29, 0.717) is 18.8 Å². The standard InChI is InChI=1S/C13H18N4O3/c1-20-11(8-14)12(18)16-9-2-4-10(5-3-9)17-7-6-15-13(17)19/h2-5,11H,6-8,14H2,1H3,(H,15,19)(H,16,18). The van der Waals surface area contributed by atoms with E-state index in [9.17, 15) is 9.59 Å². The summed E-state index contributed by atoms with van der Waals surface area (Å²) in [4.78, 5) is 24.9. The molecule has 1 aliphatic heterocycles. The first kappa shape index (κ1) is 14.3. The third kappa shape index (κ3) is 3.06. The van der Waals surface area contributed by atoms with Crippen molar-refractivity contribution in [3.8, 4) is 0 Å². The topological polar surface area (TPSA) is 96.7 Å². The Morgan fingerprint density at radius 1 is 1.50 bits per heavy atom. The molecule has 1 aromatic carbocycles. The molecular formula is C13H18N4O3. The molecule has 7 nitrogen and oxygen atoms in total. The van der Waals surface area contributed by atoms with Crippen LogP contribution in [0.5, 0.6) is 0 Å². The Bertz CT molecular complexity index is 485. The first-order chi connectivity index (χ1) is 9.65. The lowest BCUT2D eigenvalue weighted by atomic mass is 10.2. The fraction of sp³-hybridized carbons (Fsp3) is 0.385. The highest BCUT2D eigenvalue weighted by atomic mass is 16.5. The van der Waals surface area contributed by atoms with Gasteiger partial charge in [0.1, 0.15) is 6.10 Å². The van der Waals surface area contributed by atoms with Gasteiger partial charge in [0.05, 0.1) is 0 Å². The van der Waals surface area contributed by atoms with Gasteiger partial charge in [-0.3, -0.25) is 9.69 Å². The maximum absolute atomic E-state index is 11.8. The zero-order chi connectivity index (χ0) is 14.5. The second-order valence-corrected chi connectivity index (χ2v) is 4.38. The van der Waals surface area contributed by atoms with Crippen molar-refractivity contribution in [1.82, 2.24) is 5.32 Å². The molecule has 0 aromatic heterocycles. The molecule has 7 heteroatoms. The van der Waals surface area contributed by atoms with E-state index in [4.69, 9.17) is 10.5 Å². The molecule has 0 radical (unpaired) electrons. The van der Waals surface area contributed by atoms with Gasteiger partial charge in [-0.15, -0.1) is 0 Å². The Hall–Kier alpha value is -2.12. The van der Waals surface area contributed by atoms with Crippen molar-refractivity contribution >= 4 is 23.3 Å². The smallest absolute Gasteiger partial charge is 0.321 e. The van der Waals surface area contributed by atoms with E-state index in [2.05, 4.69) is 10.6 Å². The van der Waals surface area contributed by atoms with E-state index in [1.165, 1.54) is 7.11 Å². The number of nitrogens with one attached hydrogen (secondary N) is 2. The molecule has 3 amide bonds. The minimum atomic E-state index is -0.668. The number of amides is 3. The molecule has 1 fully saturated rings. The van der Waals surface area contributed by atoms with Gasteiger partial charge in [0.25, 0.3) is 5.91 Å². The van der Waals surface area contributed by atoms with Crippen LogP contribution in [0.3, 0.4) is 0 Å². The van der Waals surface area contributed by atoms with Crippen LogP contribution in [0, 0.1) is 0 Å². The van der Waals surface area contributed by atoms with E-state index >= 15 is 0 Å². The monoisotopic (exact) mass is 278 g/mol. The van der Waals surface area contributed by atoms with Gasteiger partial charge in [-0.25, -0.2) is 4.79 Å². The van der Waals surface area contributed by atoms with Crippen molar-refractivity contribution in [2.24, 2.45) is 5.73 Å². The van der Waals surface area contributed by atoms with Crippen LogP contribution in [-0.2, 0) is 9.53 Å². The largest absolute Gasteiger partial charge is 0.370 e. The Morgan fingerprint density at radius 2 is 2.20 bits per heavy atom. The number of benzene rings is 1. The van der Waals surface area contributed by atoms with E-state index in [0.717, 1.165) is 5.69 Å². The molecule has 20 heavy (non-hydrogen) atoms. The lowest BCUT2D eigenvalue weighted by molar-refractivity contribution is -0.125. The van der Waals surface area contributed by atoms with E-state index in [1.807, 2.05) is 0 Å². The average Bonchev–Trinajstić information content (AvgIpc) is 2.87. The summed E-state index contributed by atoms with van der Waals surface area (Å²) in [5.41, 5.74) is 6.85. The summed E-state index contributed by atoms with van der Waals surface area (Å²) in [6.07, 6.45) is -0.668. The first-order valence-electron chi connectivity index (χ1n) is 6.35. The molecule has 1 atom stereocenters. The lowest BCUT2D eigenvalue weighted by Crippen LogP contribution is -2.35. The summed E-state index contributed by atoms with van der Waals surface area (Å²) >= 11 is 0. The number of nitrogens with two attached hydrogens (primary N) is 1. The number of carbonyl (C=O) groups is 2. The molecule has 2 rings (SSSR count). The third-order valence-electron chi connectivity index (χ3n) is 3.09. The number of rotatable bonds is 5. The van der Waals surface area contributed by atoms with Crippen LogP contribution in [0.1, 0.15) is 0 Å². The second kappa shape index (κ2) is 6.36. The highest BCUT2D eigenvalue weighted by Gasteiger charge is 2.21. The summed E-state index contributed by atoms with van der Waals surface area (Å²) in [6.45, 7) is 1.40. The number of anilines is 2. The van der Waals surface area contributed by atoms with Crippen LogP contribution >= 0.6 is 0 Å². The molecule has 108 valence electrons. The maximum Gasteiger partial charge on any atom is 0.321 e. The van der Waals surface area contributed by atoms with Gasteiger partial charge in [-0.05, 0) is 24.3 Å². The zero-order valence-corrected chi connectivity index (χ0v) is 11.3. The van der Waals surface area contributed by atoms with Crippen LogP contribution in [0.25, 0.3) is 0 Å². The van der Waals surface area contributed by atoms with E-state index in [-0.39, 0.29) is 18.5 Å². The van der Waals surface area contributed by atoms with Crippen LogP contribution < -0.4 is 21.3 Å². The minimum absolute atomic E-state index is 0.107. The van der Waals surface area contributed by atoms with Crippen molar-refractivity contribution in [1.29, 1.82) is 0 Å². The van der Waals surface area contributed by atoms with Crippen molar-refractivity contribution in [2.45, 2.75) is 6.10 Å². The summed E-state index contributed by atoms with van der Waals surface area (Å²) in [5, 5.41) is 5.44. The number of nitrogens with zero attached hydrogens (tertiary/aromatic N) is 1. The molecule has 1 aromatic rings. The summed E-state index contributed by atoms with van der Waals surface area (Å²) < 4.78 is 4.95. The van der Waals surface area contributed by atoms with Gasteiger partial charge in [0.15, 0.2) is 0 Å². The molecule has 1 heterocycles. The van der Waals surface area contributed by atoms with Crippen LogP contribution in [0.15, 0.2) is 24.3 Å². The number of methoxy groups -OCH3 is 1. The molecule has 0 aliphatic carbocycles. The molecule has 1 aliphatic rings. The van der Waals surface area contributed by atoms with Gasteiger partial charge < -0.3 is 21.1 Å². The molecule has 1 unspecified atom stereocenters. The maximum atomic E-state index is 11.8.